The highest BCUT2D eigenvalue weighted by molar-refractivity contribution is 9.09. The molecule has 0 spiro atoms. The lowest BCUT2D eigenvalue weighted by atomic mass is 10.00. The first-order valence-electron chi connectivity index (χ1n) is 6.55. The van der Waals surface area contributed by atoms with Crippen LogP contribution in [0.1, 0.15) is 17.5 Å². The van der Waals surface area contributed by atoms with Crippen molar-refractivity contribution < 1.29 is 0 Å². The van der Waals surface area contributed by atoms with Crippen LogP contribution in [0.25, 0.3) is 11.1 Å². The van der Waals surface area contributed by atoms with Crippen LogP contribution in [0, 0.1) is 6.07 Å². The van der Waals surface area contributed by atoms with Crippen LogP contribution in [0.2, 0.25) is 0 Å². The molecule has 99 valence electrons. The number of alkyl halides is 2. The Morgan fingerprint density at radius 3 is 2.32 bits per heavy atom. The van der Waals surface area contributed by atoms with Gasteiger partial charge in [-0.05, 0) is 47.6 Å². The molecule has 2 heteroatoms. The van der Waals surface area contributed by atoms with E-state index < -0.39 is 0 Å². The number of hydrogen-bond acceptors (Lipinski definition) is 0. The second-order valence-corrected chi connectivity index (χ2v) is 6.13. The normalized spacial score (nSPS) is 10.6. The molecule has 2 aromatic carbocycles. The second-order valence-electron chi connectivity index (χ2n) is 4.54. The van der Waals surface area contributed by atoms with Gasteiger partial charge in [0.1, 0.15) is 0 Å². The van der Waals surface area contributed by atoms with Crippen LogP contribution in [0.4, 0.5) is 0 Å². The second kappa shape index (κ2) is 7.86. The first kappa shape index (κ1) is 14.8. The highest BCUT2D eigenvalue weighted by Gasteiger charge is 2.00. The van der Waals surface area contributed by atoms with E-state index in [1.54, 1.807) is 0 Å². The minimum absolute atomic E-state index is 1.01. The van der Waals surface area contributed by atoms with E-state index in [-0.39, 0.29) is 0 Å². The van der Waals surface area contributed by atoms with Gasteiger partial charge in [-0.3, -0.25) is 0 Å². The maximum absolute atomic E-state index is 3.48. The van der Waals surface area contributed by atoms with Crippen LogP contribution < -0.4 is 0 Å². The maximum atomic E-state index is 3.48. The van der Waals surface area contributed by atoms with E-state index >= 15 is 0 Å². The summed E-state index contributed by atoms with van der Waals surface area (Å²) in [7, 11) is 0. The zero-order valence-corrected chi connectivity index (χ0v) is 14.0. The Balaban J connectivity index is 2.16. The summed E-state index contributed by atoms with van der Waals surface area (Å²) >= 11 is 6.95. The smallest absolute Gasteiger partial charge is 0.00718 e. The van der Waals surface area contributed by atoms with E-state index in [9.17, 15) is 0 Å². The fourth-order valence-electron chi connectivity index (χ4n) is 2.07. The van der Waals surface area contributed by atoms with Crippen LogP contribution >= 0.6 is 31.9 Å². The summed E-state index contributed by atoms with van der Waals surface area (Å²) in [4.78, 5) is 0. The fourth-order valence-corrected chi connectivity index (χ4v) is 2.81. The molecule has 0 N–H and O–H groups in total. The van der Waals surface area contributed by atoms with Gasteiger partial charge >= 0.3 is 0 Å². The van der Waals surface area contributed by atoms with E-state index in [1.807, 2.05) is 6.07 Å². The topological polar surface area (TPSA) is 0 Å². The van der Waals surface area contributed by atoms with Gasteiger partial charge in [0.15, 0.2) is 0 Å². The molecule has 0 fully saturated rings. The SMILES string of the molecule is BrCCCc1cc[c]c(-c2ccc(CCBr)cc2)c1. The monoisotopic (exact) mass is 379 g/mol. The first-order valence-corrected chi connectivity index (χ1v) is 8.79. The Morgan fingerprint density at radius 2 is 1.63 bits per heavy atom. The molecule has 0 heterocycles. The lowest BCUT2D eigenvalue weighted by Crippen LogP contribution is -1.89. The van der Waals surface area contributed by atoms with Gasteiger partial charge in [-0.15, -0.1) is 0 Å². The van der Waals surface area contributed by atoms with Crippen molar-refractivity contribution >= 4 is 31.9 Å². The summed E-state index contributed by atoms with van der Waals surface area (Å²) in [5, 5.41) is 2.07. The zero-order chi connectivity index (χ0) is 13.5. The fraction of sp³-hybridized carbons (Fsp3) is 0.294. The molecule has 1 radical (unpaired) electrons. The molecule has 2 aromatic rings. The average molecular weight is 381 g/mol. The highest BCUT2D eigenvalue weighted by atomic mass is 79.9. The van der Waals surface area contributed by atoms with Gasteiger partial charge in [0.2, 0.25) is 0 Å². The van der Waals surface area contributed by atoms with Crippen LogP contribution in [0.15, 0.2) is 42.5 Å². The van der Waals surface area contributed by atoms with Crippen molar-refractivity contribution in [1.29, 1.82) is 0 Å². The predicted octanol–water partition coefficient (Wildman–Crippen LogP) is 5.42. The number of halogens is 2. The molecule has 0 aliphatic heterocycles. The van der Waals surface area contributed by atoms with Crippen molar-refractivity contribution in [3.63, 3.8) is 0 Å². The molecule has 0 nitrogen and oxygen atoms in total. The summed E-state index contributed by atoms with van der Waals surface area (Å²) in [6, 6.07) is 18.6. The van der Waals surface area contributed by atoms with Crippen molar-refractivity contribution in [3.05, 3.63) is 59.7 Å². The molecule has 0 atom stereocenters. The Kier molecular flexibility index (Phi) is 6.12. The van der Waals surface area contributed by atoms with Crippen LogP contribution in [-0.4, -0.2) is 10.7 Å². The highest BCUT2D eigenvalue weighted by Crippen LogP contribution is 2.21. The molecule has 0 saturated carbocycles. The molecular formula is C17H17Br2. The zero-order valence-electron chi connectivity index (χ0n) is 10.8. The largest absolute Gasteiger partial charge is 0.0928 e. The molecule has 0 bridgehead atoms. The van der Waals surface area contributed by atoms with Gasteiger partial charge in [-0.25, -0.2) is 0 Å². The Hall–Kier alpha value is -0.600. The standard InChI is InChI=1S/C17H17Br2/c18-11-2-4-15-3-1-5-17(13-15)16-8-6-14(7-9-16)10-12-19/h1,3,6-9,13H,2,4,10-12H2. The van der Waals surface area contributed by atoms with Crippen LogP contribution in [0.3, 0.4) is 0 Å². The molecule has 0 saturated heterocycles. The first-order chi connectivity index (χ1) is 9.33. The van der Waals surface area contributed by atoms with Gasteiger partial charge in [0.05, 0.1) is 0 Å². The van der Waals surface area contributed by atoms with E-state index in [0.29, 0.717) is 0 Å². The molecule has 0 amide bonds. The number of aryl methyl sites for hydroxylation is 2. The van der Waals surface area contributed by atoms with Crippen LogP contribution in [-0.2, 0) is 12.8 Å². The Bertz CT molecular complexity index is 503. The summed E-state index contributed by atoms with van der Waals surface area (Å²) in [6.07, 6.45) is 3.37. The number of benzene rings is 2. The molecular weight excluding hydrogens is 364 g/mol. The number of hydrogen-bond donors (Lipinski definition) is 0. The Labute approximate surface area is 132 Å². The molecule has 0 aromatic heterocycles. The van der Waals surface area contributed by atoms with Crippen LogP contribution in [0.5, 0.6) is 0 Å². The van der Waals surface area contributed by atoms with Crippen molar-refractivity contribution in [3.8, 4) is 11.1 Å². The molecule has 2 rings (SSSR count). The van der Waals surface area contributed by atoms with Gasteiger partial charge in [0, 0.05) is 10.7 Å². The van der Waals surface area contributed by atoms with Crippen molar-refractivity contribution in [2.45, 2.75) is 19.3 Å². The summed E-state index contributed by atoms with van der Waals surface area (Å²) in [6.45, 7) is 0. The summed E-state index contributed by atoms with van der Waals surface area (Å²) < 4.78 is 0. The van der Waals surface area contributed by atoms with Crippen molar-refractivity contribution in [2.24, 2.45) is 0 Å². The lowest BCUT2D eigenvalue weighted by Gasteiger charge is -2.06. The maximum Gasteiger partial charge on any atom is 0.00718 e. The quantitative estimate of drug-likeness (QED) is 0.587. The van der Waals surface area contributed by atoms with E-state index in [4.69, 9.17) is 0 Å². The molecule has 19 heavy (non-hydrogen) atoms. The summed E-state index contributed by atoms with van der Waals surface area (Å²) in [5.41, 5.74) is 5.20. The van der Waals surface area contributed by atoms with Gasteiger partial charge in [0.25, 0.3) is 0 Å². The van der Waals surface area contributed by atoms with Gasteiger partial charge in [-0.1, -0.05) is 74.3 Å². The summed E-state index contributed by atoms with van der Waals surface area (Å²) in [5.74, 6) is 0. The molecule has 0 aliphatic carbocycles. The minimum Gasteiger partial charge on any atom is -0.0928 e. The molecule has 0 aliphatic rings. The third-order valence-corrected chi connectivity index (χ3v) is 4.07. The van der Waals surface area contributed by atoms with E-state index in [2.05, 4.69) is 74.3 Å². The third kappa shape index (κ3) is 4.47. The van der Waals surface area contributed by atoms with Crippen molar-refractivity contribution in [2.75, 3.05) is 10.7 Å². The van der Waals surface area contributed by atoms with Gasteiger partial charge < -0.3 is 0 Å². The lowest BCUT2D eigenvalue weighted by molar-refractivity contribution is 0.940. The average Bonchev–Trinajstić information content (AvgIpc) is 2.46. The van der Waals surface area contributed by atoms with Gasteiger partial charge in [-0.2, -0.15) is 0 Å². The van der Waals surface area contributed by atoms with Crippen molar-refractivity contribution in [1.82, 2.24) is 0 Å². The number of rotatable bonds is 6. The Morgan fingerprint density at radius 1 is 0.842 bits per heavy atom. The van der Waals surface area contributed by atoms with E-state index in [0.717, 1.165) is 23.5 Å². The third-order valence-electron chi connectivity index (χ3n) is 3.11. The minimum atomic E-state index is 1.01. The predicted molar refractivity (Wildman–Crippen MR) is 90.3 cm³/mol. The molecule has 0 unspecified atom stereocenters. The van der Waals surface area contributed by atoms with E-state index in [1.165, 1.54) is 28.7 Å².